The number of rotatable bonds is 7. The van der Waals surface area contributed by atoms with Crippen LogP contribution in [-0.2, 0) is 4.74 Å². The van der Waals surface area contributed by atoms with Gasteiger partial charge in [-0.2, -0.15) is 4.98 Å². The van der Waals surface area contributed by atoms with Gasteiger partial charge < -0.3 is 20.1 Å². The molecule has 1 saturated carbocycles. The summed E-state index contributed by atoms with van der Waals surface area (Å²) in [7, 11) is 0. The van der Waals surface area contributed by atoms with Crippen LogP contribution in [0.4, 0.5) is 11.8 Å². The summed E-state index contributed by atoms with van der Waals surface area (Å²) < 4.78 is 5.56. The van der Waals surface area contributed by atoms with Crippen LogP contribution in [0.3, 0.4) is 0 Å². The molecule has 6 heteroatoms. The smallest absolute Gasteiger partial charge is 0.224 e. The maximum atomic E-state index is 9.12. The molecule has 0 spiro atoms. The molecule has 0 amide bonds. The molecule has 2 N–H and O–H groups in total. The molecule has 1 atom stereocenters. The number of hydrogen-bond donors (Lipinski definition) is 2. The monoisotopic (exact) mass is 348 g/mol. The molecule has 0 radical (unpaired) electrons. The van der Waals surface area contributed by atoms with Crippen molar-refractivity contribution in [2.45, 2.75) is 63.8 Å². The molecule has 0 bridgehead atoms. The maximum absolute atomic E-state index is 9.12. The summed E-state index contributed by atoms with van der Waals surface area (Å²) in [5, 5.41) is 12.3. The zero-order chi connectivity index (χ0) is 17.5. The Morgan fingerprint density at radius 3 is 2.64 bits per heavy atom. The summed E-state index contributed by atoms with van der Waals surface area (Å²) >= 11 is 0. The van der Waals surface area contributed by atoms with Crippen LogP contribution in [0, 0.1) is 0 Å². The lowest BCUT2D eigenvalue weighted by atomic mass is 10.0. The van der Waals surface area contributed by atoms with E-state index in [1.807, 2.05) is 0 Å². The number of ether oxygens (including phenoxy) is 1. The van der Waals surface area contributed by atoms with E-state index in [0.29, 0.717) is 24.5 Å². The second-order valence-corrected chi connectivity index (χ2v) is 7.12. The van der Waals surface area contributed by atoms with Crippen molar-refractivity contribution in [3.63, 3.8) is 0 Å². The zero-order valence-corrected chi connectivity index (χ0v) is 15.4. The number of nitrogens with zero attached hydrogens (tertiary/aromatic N) is 3. The molecule has 6 nitrogen and oxygen atoms in total. The van der Waals surface area contributed by atoms with Crippen molar-refractivity contribution in [2.75, 3.05) is 43.1 Å². The first-order valence-corrected chi connectivity index (χ1v) is 9.90. The van der Waals surface area contributed by atoms with Gasteiger partial charge in [-0.1, -0.05) is 25.7 Å². The van der Waals surface area contributed by atoms with Crippen LogP contribution < -0.4 is 10.2 Å². The average molecular weight is 348 g/mol. The molecule has 3 rings (SSSR count). The summed E-state index contributed by atoms with van der Waals surface area (Å²) in [5.41, 5.74) is 1.06. The van der Waals surface area contributed by atoms with Crippen LogP contribution >= 0.6 is 0 Å². The van der Waals surface area contributed by atoms with Crippen molar-refractivity contribution in [3.05, 3.63) is 11.8 Å². The fraction of sp³-hybridized carbons (Fsp3) is 0.789. The lowest BCUT2D eigenvalue weighted by Gasteiger charge is -2.32. The largest absolute Gasteiger partial charge is 0.395 e. The molecule has 2 aliphatic rings. The molecule has 1 aliphatic heterocycles. The molecule has 1 saturated heterocycles. The van der Waals surface area contributed by atoms with Crippen LogP contribution in [0.25, 0.3) is 0 Å². The first kappa shape index (κ1) is 18.4. The highest BCUT2D eigenvalue weighted by atomic mass is 16.5. The Kier molecular flexibility index (Phi) is 6.87. The third-order valence-corrected chi connectivity index (χ3v) is 5.38. The van der Waals surface area contributed by atoms with E-state index in [4.69, 9.17) is 19.8 Å². The second-order valence-electron chi connectivity index (χ2n) is 7.12. The molecule has 25 heavy (non-hydrogen) atoms. The van der Waals surface area contributed by atoms with Gasteiger partial charge in [0.15, 0.2) is 0 Å². The van der Waals surface area contributed by atoms with Crippen LogP contribution in [-0.4, -0.2) is 54.0 Å². The van der Waals surface area contributed by atoms with Gasteiger partial charge in [-0.25, -0.2) is 4.98 Å². The van der Waals surface area contributed by atoms with Crippen molar-refractivity contribution in [1.82, 2.24) is 9.97 Å². The van der Waals surface area contributed by atoms with Crippen LogP contribution in [0.15, 0.2) is 6.07 Å². The third-order valence-electron chi connectivity index (χ3n) is 5.38. The van der Waals surface area contributed by atoms with Crippen molar-refractivity contribution in [3.8, 4) is 0 Å². The van der Waals surface area contributed by atoms with E-state index in [2.05, 4.69) is 23.2 Å². The van der Waals surface area contributed by atoms with Crippen molar-refractivity contribution in [2.24, 2.45) is 0 Å². The van der Waals surface area contributed by atoms with Gasteiger partial charge in [0.1, 0.15) is 5.82 Å². The quantitative estimate of drug-likeness (QED) is 0.738. The summed E-state index contributed by atoms with van der Waals surface area (Å²) in [5.74, 6) is 2.00. The SMILES string of the molecule is CCN(c1cc(C2CCOC2)nc(NCCO)n1)C1CCCCCC1. The predicted octanol–water partition coefficient (Wildman–Crippen LogP) is 2.93. The van der Waals surface area contributed by atoms with Gasteiger partial charge in [0.2, 0.25) is 5.95 Å². The Labute approximate surface area is 151 Å². The van der Waals surface area contributed by atoms with Gasteiger partial charge in [-0.3, -0.25) is 0 Å². The average Bonchev–Trinajstić information content (AvgIpc) is 3.05. The Hall–Kier alpha value is -1.40. The topological polar surface area (TPSA) is 70.5 Å². The van der Waals surface area contributed by atoms with Gasteiger partial charge in [-0.05, 0) is 26.2 Å². The Bertz CT molecular complexity index is 526. The summed E-state index contributed by atoms with van der Waals surface area (Å²) in [6.45, 7) is 5.28. The van der Waals surface area contributed by atoms with Gasteiger partial charge in [-0.15, -0.1) is 0 Å². The van der Waals surface area contributed by atoms with Crippen LogP contribution in [0.5, 0.6) is 0 Å². The molecule has 2 fully saturated rings. The van der Waals surface area contributed by atoms with E-state index in [0.717, 1.165) is 37.7 Å². The van der Waals surface area contributed by atoms with E-state index in [1.165, 1.54) is 38.5 Å². The van der Waals surface area contributed by atoms with Crippen molar-refractivity contribution >= 4 is 11.8 Å². The predicted molar refractivity (Wildman–Crippen MR) is 100 cm³/mol. The Morgan fingerprint density at radius 1 is 1.20 bits per heavy atom. The Balaban J connectivity index is 1.86. The minimum atomic E-state index is 0.0789. The highest BCUT2D eigenvalue weighted by molar-refractivity contribution is 5.46. The second kappa shape index (κ2) is 9.34. The molecule has 1 aromatic heterocycles. The van der Waals surface area contributed by atoms with Crippen LogP contribution in [0.1, 0.15) is 63.5 Å². The van der Waals surface area contributed by atoms with Gasteiger partial charge in [0.05, 0.1) is 18.9 Å². The third kappa shape index (κ3) is 4.82. The van der Waals surface area contributed by atoms with E-state index in [9.17, 15) is 0 Å². The highest BCUT2D eigenvalue weighted by Gasteiger charge is 2.25. The van der Waals surface area contributed by atoms with Crippen molar-refractivity contribution in [1.29, 1.82) is 0 Å². The fourth-order valence-corrected chi connectivity index (χ4v) is 4.00. The van der Waals surface area contributed by atoms with Crippen molar-refractivity contribution < 1.29 is 9.84 Å². The molecule has 0 aromatic carbocycles. The first-order chi connectivity index (χ1) is 12.3. The molecule has 1 unspecified atom stereocenters. The molecule has 140 valence electrons. The van der Waals surface area contributed by atoms with Gasteiger partial charge in [0.25, 0.3) is 0 Å². The molecule has 1 aromatic rings. The number of nitrogens with one attached hydrogen (secondary N) is 1. The minimum absolute atomic E-state index is 0.0789. The zero-order valence-electron chi connectivity index (χ0n) is 15.4. The molecular weight excluding hydrogens is 316 g/mol. The van der Waals surface area contributed by atoms with Gasteiger partial charge in [0, 0.05) is 37.7 Å². The van der Waals surface area contributed by atoms with E-state index in [1.54, 1.807) is 0 Å². The fourth-order valence-electron chi connectivity index (χ4n) is 4.00. The number of hydrogen-bond acceptors (Lipinski definition) is 6. The summed E-state index contributed by atoms with van der Waals surface area (Å²) in [6.07, 6.45) is 8.84. The lowest BCUT2D eigenvalue weighted by molar-refractivity contribution is 0.193. The van der Waals surface area contributed by atoms with E-state index >= 15 is 0 Å². The summed E-state index contributed by atoms with van der Waals surface area (Å²) in [6, 6.07) is 2.73. The number of aliphatic hydroxyl groups excluding tert-OH is 1. The number of anilines is 2. The standard InChI is InChI=1S/C19H32N4O2/c1-2-23(16-7-5-3-4-6-8-16)18-13-17(15-9-12-25-14-15)21-19(22-18)20-10-11-24/h13,15-16,24H,2-12,14H2,1H3,(H,20,21,22). The minimum Gasteiger partial charge on any atom is -0.395 e. The molecular formula is C19H32N4O2. The van der Waals surface area contributed by atoms with Crippen LogP contribution in [0.2, 0.25) is 0 Å². The molecule has 2 heterocycles. The Morgan fingerprint density at radius 2 is 2.00 bits per heavy atom. The lowest BCUT2D eigenvalue weighted by Crippen LogP contribution is -2.36. The normalized spacial score (nSPS) is 21.9. The summed E-state index contributed by atoms with van der Waals surface area (Å²) in [4.78, 5) is 11.9. The molecule has 1 aliphatic carbocycles. The van der Waals surface area contributed by atoms with E-state index < -0.39 is 0 Å². The van der Waals surface area contributed by atoms with E-state index in [-0.39, 0.29) is 6.61 Å². The highest BCUT2D eigenvalue weighted by Crippen LogP contribution is 2.30. The maximum Gasteiger partial charge on any atom is 0.224 e. The number of aromatic nitrogens is 2. The number of aliphatic hydroxyl groups is 1. The van der Waals surface area contributed by atoms with Gasteiger partial charge >= 0.3 is 0 Å². The first-order valence-electron chi connectivity index (χ1n) is 9.90.